The van der Waals surface area contributed by atoms with Gasteiger partial charge in [-0.25, -0.2) is 4.98 Å². The lowest BCUT2D eigenvalue weighted by atomic mass is 10.1. The van der Waals surface area contributed by atoms with Crippen molar-refractivity contribution in [2.75, 3.05) is 37.0 Å². The maximum absolute atomic E-state index is 5.20. The lowest BCUT2D eigenvalue weighted by molar-refractivity contribution is 0.414. The van der Waals surface area contributed by atoms with Crippen molar-refractivity contribution in [3.63, 3.8) is 0 Å². The van der Waals surface area contributed by atoms with Crippen molar-refractivity contribution in [2.45, 2.75) is 39.0 Å². The van der Waals surface area contributed by atoms with Crippen LogP contribution >= 0.6 is 0 Å². The number of methoxy groups -OCH3 is 1. The van der Waals surface area contributed by atoms with Gasteiger partial charge in [-0.1, -0.05) is 25.0 Å². The lowest BCUT2D eigenvalue weighted by Crippen LogP contribution is -2.26. The first-order chi connectivity index (χ1) is 12.2. The number of hydrogen-bond acceptors (Lipinski definition) is 5. The van der Waals surface area contributed by atoms with Crippen molar-refractivity contribution in [3.8, 4) is 5.75 Å². The van der Waals surface area contributed by atoms with Crippen LogP contribution in [-0.2, 0) is 6.42 Å². The van der Waals surface area contributed by atoms with Gasteiger partial charge in [0, 0.05) is 31.4 Å². The summed E-state index contributed by atoms with van der Waals surface area (Å²) in [6, 6.07) is 10.2. The van der Waals surface area contributed by atoms with Crippen LogP contribution in [0.4, 0.5) is 11.8 Å². The quantitative estimate of drug-likeness (QED) is 0.866. The van der Waals surface area contributed by atoms with Gasteiger partial charge in [-0.15, -0.1) is 0 Å². The van der Waals surface area contributed by atoms with Crippen LogP contribution in [0.5, 0.6) is 5.75 Å². The highest BCUT2D eigenvalue weighted by Gasteiger charge is 2.13. The Morgan fingerprint density at radius 2 is 1.76 bits per heavy atom. The second kappa shape index (κ2) is 8.70. The number of aromatic nitrogens is 2. The summed E-state index contributed by atoms with van der Waals surface area (Å²) in [5.74, 6) is 2.68. The molecule has 3 rings (SSSR count). The smallest absolute Gasteiger partial charge is 0.227 e. The Hall–Kier alpha value is -2.30. The molecular formula is C20H28N4O. The third-order valence-electron chi connectivity index (χ3n) is 4.61. The highest BCUT2D eigenvalue weighted by atomic mass is 16.5. The van der Waals surface area contributed by atoms with E-state index in [-0.39, 0.29) is 0 Å². The van der Waals surface area contributed by atoms with Gasteiger partial charge in [0.05, 0.1) is 7.11 Å². The zero-order chi connectivity index (χ0) is 17.5. The topological polar surface area (TPSA) is 50.3 Å². The monoisotopic (exact) mass is 340 g/mol. The molecule has 0 atom stereocenters. The molecule has 1 saturated heterocycles. The standard InChI is InChI=1S/C20H28N4O/c1-16-15-19(21-12-11-17-7-9-18(25-2)10-8-17)23-20(22-16)24-13-5-3-4-6-14-24/h7-10,15H,3-6,11-14H2,1-2H3,(H,21,22,23). The van der Waals surface area contributed by atoms with Crippen LogP contribution in [0.25, 0.3) is 0 Å². The molecule has 0 spiro atoms. The van der Waals surface area contributed by atoms with Crippen LogP contribution in [0.2, 0.25) is 0 Å². The van der Waals surface area contributed by atoms with Gasteiger partial charge in [-0.2, -0.15) is 4.98 Å². The third-order valence-corrected chi connectivity index (χ3v) is 4.61. The van der Waals surface area contributed by atoms with Gasteiger partial charge in [-0.3, -0.25) is 0 Å². The summed E-state index contributed by atoms with van der Waals surface area (Å²) >= 11 is 0. The summed E-state index contributed by atoms with van der Waals surface area (Å²) < 4.78 is 5.20. The predicted molar refractivity (Wildman–Crippen MR) is 103 cm³/mol. The van der Waals surface area contributed by atoms with Gasteiger partial charge >= 0.3 is 0 Å². The van der Waals surface area contributed by atoms with Crippen LogP contribution in [0.3, 0.4) is 0 Å². The first kappa shape index (κ1) is 17.5. The molecular weight excluding hydrogens is 312 g/mol. The van der Waals surface area contributed by atoms with E-state index in [1.807, 2.05) is 25.1 Å². The van der Waals surface area contributed by atoms with E-state index in [0.717, 1.165) is 49.3 Å². The molecule has 5 nitrogen and oxygen atoms in total. The molecule has 5 heteroatoms. The zero-order valence-electron chi connectivity index (χ0n) is 15.3. The van der Waals surface area contributed by atoms with E-state index in [0.29, 0.717) is 0 Å². The first-order valence-electron chi connectivity index (χ1n) is 9.22. The van der Waals surface area contributed by atoms with E-state index in [1.54, 1.807) is 7.11 Å². The van der Waals surface area contributed by atoms with Gasteiger partial charge in [0.25, 0.3) is 0 Å². The lowest BCUT2D eigenvalue weighted by Gasteiger charge is -2.21. The molecule has 0 bridgehead atoms. The second-order valence-electron chi connectivity index (χ2n) is 6.62. The van der Waals surface area contributed by atoms with Crippen molar-refractivity contribution in [1.29, 1.82) is 0 Å². The molecule has 1 aromatic carbocycles. The highest BCUT2D eigenvalue weighted by molar-refractivity contribution is 5.44. The van der Waals surface area contributed by atoms with Crippen molar-refractivity contribution in [3.05, 3.63) is 41.6 Å². The van der Waals surface area contributed by atoms with Crippen LogP contribution in [-0.4, -0.2) is 36.7 Å². The fourth-order valence-electron chi connectivity index (χ4n) is 3.18. The summed E-state index contributed by atoms with van der Waals surface area (Å²) in [4.78, 5) is 11.7. The molecule has 2 aromatic rings. The first-order valence-corrected chi connectivity index (χ1v) is 9.22. The molecule has 0 amide bonds. The molecule has 0 radical (unpaired) electrons. The molecule has 1 fully saturated rings. The number of nitrogens with one attached hydrogen (secondary N) is 1. The maximum atomic E-state index is 5.20. The van der Waals surface area contributed by atoms with Gasteiger partial charge in [-0.05, 0) is 43.9 Å². The highest BCUT2D eigenvalue weighted by Crippen LogP contribution is 2.18. The Morgan fingerprint density at radius 1 is 1.04 bits per heavy atom. The summed E-state index contributed by atoms with van der Waals surface area (Å²) in [6.07, 6.45) is 6.05. The Labute approximate surface area is 150 Å². The summed E-state index contributed by atoms with van der Waals surface area (Å²) in [7, 11) is 1.69. The van der Waals surface area contributed by atoms with Crippen molar-refractivity contribution in [2.24, 2.45) is 0 Å². The summed E-state index contributed by atoms with van der Waals surface area (Å²) in [5, 5.41) is 3.45. The predicted octanol–water partition coefficient (Wildman–Crippen LogP) is 3.83. The average Bonchev–Trinajstić information content (AvgIpc) is 2.91. The Balaban J connectivity index is 1.59. The number of nitrogens with zero attached hydrogens (tertiary/aromatic N) is 3. The van der Waals surface area contributed by atoms with Gasteiger partial charge in [0.1, 0.15) is 11.6 Å². The Morgan fingerprint density at radius 3 is 2.44 bits per heavy atom. The molecule has 1 aliphatic rings. The molecule has 0 unspecified atom stereocenters. The van der Waals surface area contributed by atoms with Crippen molar-refractivity contribution >= 4 is 11.8 Å². The minimum Gasteiger partial charge on any atom is -0.497 e. The molecule has 1 aromatic heterocycles. The van der Waals surface area contributed by atoms with Crippen LogP contribution < -0.4 is 15.0 Å². The Bertz CT molecular complexity index is 664. The van der Waals surface area contributed by atoms with Gasteiger partial charge in [0.2, 0.25) is 5.95 Å². The van der Waals surface area contributed by atoms with E-state index in [2.05, 4.69) is 27.3 Å². The molecule has 2 heterocycles. The fourth-order valence-corrected chi connectivity index (χ4v) is 3.18. The van der Waals surface area contributed by atoms with E-state index in [9.17, 15) is 0 Å². The average molecular weight is 340 g/mol. The minimum atomic E-state index is 0.849. The molecule has 25 heavy (non-hydrogen) atoms. The fraction of sp³-hybridized carbons (Fsp3) is 0.500. The molecule has 0 saturated carbocycles. The largest absolute Gasteiger partial charge is 0.497 e. The Kier molecular flexibility index (Phi) is 6.09. The number of hydrogen-bond donors (Lipinski definition) is 1. The van der Waals surface area contributed by atoms with Gasteiger partial charge < -0.3 is 15.0 Å². The number of anilines is 2. The second-order valence-corrected chi connectivity index (χ2v) is 6.62. The maximum Gasteiger partial charge on any atom is 0.227 e. The zero-order valence-corrected chi connectivity index (χ0v) is 15.3. The SMILES string of the molecule is COc1ccc(CCNc2cc(C)nc(N3CCCCCC3)n2)cc1. The molecule has 1 aliphatic heterocycles. The minimum absolute atomic E-state index is 0.849. The number of benzene rings is 1. The van der Waals surface area contributed by atoms with E-state index < -0.39 is 0 Å². The van der Waals surface area contributed by atoms with E-state index in [4.69, 9.17) is 9.72 Å². The van der Waals surface area contributed by atoms with Crippen LogP contribution in [0.15, 0.2) is 30.3 Å². The van der Waals surface area contributed by atoms with Crippen LogP contribution in [0, 0.1) is 6.92 Å². The summed E-state index contributed by atoms with van der Waals surface area (Å²) in [5.41, 5.74) is 2.30. The van der Waals surface area contributed by atoms with Crippen molar-refractivity contribution in [1.82, 2.24) is 9.97 Å². The summed E-state index contributed by atoms with van der Waals surface area (Å²) in [6.45, 7) is 5.02. The van der Waals surface area contributed by atoms with E-state index in [1.165, 1.54) is 31.2 Å². The molecule has 0 aliphatic carbocycles. The molecule has 1 N–H and O–H groups in total. The molecule has 134 valence electrons. The number of rotatable bonds is 6. The van der Waals surface area contributed by atoms with Crippen molar-refractivity contribution < 1.29 is 4.74 Å². The number of aryl methyl sites for hydroxylation is 1. The van der Waals surface area contributed by atoms with E-state index >= 15 is 0 Å². The van der Waals surface area contributed by atoms with Crippen LogP contribution in [0.1, 0.15) is 36.9 Å². The normalized spacial score (nSPS) is 14.9. The third kappa shape index (κ3) is 5.08. The van der Waals surface area contributed by atoms with Gasteiger partial charge in [0.15, 0.2) is 0 Å². The number of ether oxygens (including phenoxy) is 1.